The van der Waals surface area contributed by atoms with Crippen LogP contribution in [-0.4, -0.2) is 41.6 Å². The fourth-order valence-electron chi connectivity index (χ4n) is 3.79. The van der Waals surface area contributed by atoms with Gasteiger partial charge in [-0.25, -0.2) is 0 Å². The minimum atomic E-state index is -2.94. The molecule has 1 N–H and O–H groups in total. The minimum absolute atomic E-state index is 0.0542. The predicted octanol–water partition coefficient (Wildman–Crippen LogP) is 3.85. The van der Waals surface area contributed by atoms with Crippen molar-refractivity contribution in [1.29, 1.82) is 0 Å². The molecule has 1 aliphatic rings. The second kappa shape index (κ2) is 7.96. The van der Waals surface area contributed by atoms with E-state index in [1.54, 1.807) is 13.8 Å². The number of carboxylic acids is 1. The van der Waals surface area contributed by atoms with Crippen LogP contribution >= 0.6 is 0 Å². The quantitative estimate of drug-likeness (QED) is 0.844. The van der Waals surface area contributed by atoms with Gasteiger partial charge in [0.1, 0.15) is 5.75 Å². The largest absolute Gasteiger partial charge is 0.481 e. The summed E-state index contributed by atoms with van der Waals surface area (Å²) in [6.07, 6.45) is 0. The smallest absolute Gasteiger partial charge is 0.387 e. The third-order valence-electron chi connectivity index (χ3n) is 5.07. The SMILES string of the molecule is Cc1cc(C(=O)N2C[C@H](C(=O)O)[C@H](c3ccccc3)C2)cc(C)c1OC(F)F. The number of aliphatic carboxylic acids is 1. The van der Waals surface area contributed by atoms with Gasteiger partial charge in [-0.2, -0.15) is 8.78 Å². The summed E-state index contributed by atoms with van der Waals surface area (Å²) in [5.74, 6) is -2.21. The van der Waals surface area contributed by atoms with E-state index in [0.29, 0.717) is 16.7 Å². The zero-order chi connectivity index (χ0) is 20.4. The molecule has 1 heterocycles. The highest BCUT2D eigenvalue weighted by atomic mass is 19.3. The Labute approximate surface area is 161 Å². The molecule has 1 saturated heterocycles. The number of halogens is 2. The van der Waals surface area contributed by atoms with E-state index in [1.165, 1.54) is 17.0 Å². The second-order valence-electron chi connectivity index (χ2n) is 6.99. The van der Waals surface area contributed by atoms with Crippen molar-refractivity contribution in [1.82, 2.24) is 4.90 Å². The van der Waals surface area contributed by atoms with Crippen LogP contribution in [0.5, 0.6) is 5.75 Å². The van der Waals surface area contributed by atoms with Crippen LogP contribution in [0.4, 0.5) is 8.78 Å². The number of alkyl halides is 2. The van der Waals surface area contributed by atoms with E-state index in [4.69, 9.17) is 0 Å². The van der Waals surface area contributed by atoms with Crippen molar-refractivity contribution in [3.05, 3.63) is 64.7 Å². The molecule has 1 amide bonds. The van der Waals surface area contributed by atoms with Gasteiger partial charge in [-0.1, -0.05) is 30.3 Å². The van der Waals surface area contributed by atoms with Gasteiger partial charge in [0.15, 0.2) is 0 Å². The van der Waals surface area contributed by atoms with Crippen molar-refractivity contribution in [3.8, 4) is 5.75 Å². The number of carbonyl (C=O) groups excluding carboxylic acids is 1. The second-order valence-corrected chi connectivity index (χ2v) is 6.99. The maximum absolute atomic E-state index is 13.0. The van der Waals surface area contributed by atoms with Gasteiger partial charge in [0.25, 0.3) is 5.91 Å². The van der Waals surface area contributed by atoms with Crippen LogP contribution in [0.3, 0.4) is 0 Å². The topological polar surface area (TPSA) is 66.8 Å². The molecular formula is C21H21F2NO4. The maximum atomic E-state index is 13.0. The molecule has 0 bridgehead atoms. The number of hydrogen-bond donors (Lipinski definition) is 1. The number of likely N-dealkylation sites (tertiary alicyclic amines) is 1. The number of benzene rings is 2. The van der Waals surface area contributed by atoms with Gasteiger partial charge < -0.3 is 14.7 Å². The van der Waals surface area contributed by atoms with Gasteiger partial charge in [-0.05, 0) is 42.7 Å². The standard InChI is InChI=1S/C21H21F2NO4/c1-12-8-15(9-13(2)18(12)28-21(22)23)19(25)24-10-16(17(11-24)20(26)27)14-6-4-3-5-7-14/h3-9,16-17,21H,10-11H2,1-2H3,(H,26,27)/t16-,17-/m0/s1. The van der Waals surface area contributed by atoms with E-state index < -0.39 is 18.5 Å². The lowest BCUT2D eigenvalue weighted by molar-refractivity contribution is -0.141. The molecule has 5 nitrogen and oxygen atoms in total. The molecule has 2 aromatic rings. The number of ether oxygens (including phenoxy) is 1. The fourth-order valence-corrected chi connectivity index (χ4v) is 3.79. The lowest BCUT2D eigenvalue weighted by Crippen LogP contribution is -2.30. The van der Waals surface area contributed by atoms with Gasteiger partial charge in [-0.3, -0.25) is 9.59 Å². The monoisotopic (exact) mass is 389 g/mol. The summed E-state index contributed by atoms with van der Waals surface area (Å²) in [5, 5.41) is 9.60. The molecule has 3 rings (SSSR count). The highest BCUT2D eigenvalue weighted by molar-refractivity contribution is 5.95. The third kappa shape index (κ3) is 3.98. The summed E-state index contributed by atoms with van der Waals surface area (Å²) in [5.41, 5.74) is 2.06. The number of carbonyl (C=O) groups is 2. The van der Waals surface area contributed by atoms with E-state index in [2.05, 4.69) is 4.74 Å². The Kier molecular flexibility index (Phi) is 5.63. The van der Waals surface area contributed by atoms with E-state index in [1.807, 2.05) is 30.3 Å². The molecule has 28 heavy (non-hydrogen) atoms. The van der Waals surface area contributed by atoms with Crippen LogP contribution in [-0.2, 0) is 4.79 Å². The Morgan fingerprint density at radius 2 is 1.71 bits per heavy atom. The highest BCUT2D eigenvalue weighted by Crippen LogP contribution is 2.34. The molecule has 148 valence electrons. The van der Waals surface area contributed by atoms with E-state index >= 15 is 0 Å². The number of aryl methyl sites for hydroxylation is 2. The van der Waals surface area contributed by atoms with Crippen molar-refractivity contribution in [2.24, 2.45) is 5.92 Å². The van der Waals surface area contributed by atoms with Gasteiger partial charge in [-0.15, -0.1) is 0 Å². The molecule has 0 radical (unpaired) electrons. The van der Waals surface area contributed by atoms with E-state index in [-0.39, 0.29) is 30.7 Å². The zero-order valence-corrected chi connectivity index (χ0v) is 15.6. The van der Waals surface area contributed by atoms with Crippen molar-refractivity contribution >= 4 is 11.9 Å². The first kappa shape index (κ1) is 19.8. The lowest BCUT2D eigenvalue weighted by Gasteiger charge is -2.19. The molecule has 0 aliphatic carbocycles. The zero-order valence-electron chi connectivity index (χ0n) is 15.6. The Hall–Kier alpha value is -2.96. The van der Waals surface area contributed by atoms with Crippen LogP contribution in [0.25, 0.3) is 0 Å². The first-order valence-electron chi connectivity index (χ1n) is 8.91. The van der Waals surface area contributed by atoms with E-state index in [9.17, 15) is 23.5 Å². The van der Waals surface area contributed by atoms with Crippen molar-refractivity contribution in [3.63, 3.8) is 0 Å². The van der Waals surface area contributed by atoms with Gasteiger partial charge in [0.05, 0.1) is 5.92 Å². The van der Waals surface area contributed by atoms with Crippen LogP contribution in [0, 0.1) is 19.8 Å². The number of amides is 1. The van der Waals surface area contributed by atoms with Crippen LogP contribution in [0.2, 0.25) is 0 Å². The molecule has 2 aromatic carbocycles. The molecule has 0 spiro atoms. The molecule has 0 unspecified atom stereocenters. The van der Waals surface area contributed by atoms with Gasteiger partial charge >= 0.3 is 12.6 Å². The Morgan fingerprint density at radius 1 is 1.11 bits per heavy atom. The summed E-state index contributed by atoms with van der Waals surface area (Å²) in [4.78, 5) is 26.2. The Bertz CT molecular complexity index is 862. The summed E-state index contributed by atoms with van der Waals surface area (Å²) in [7, 11) is 0. The molecule has 0 aromatic heterocycles. The average molecular weight is 389 g/mol. The van der Waals surface area contributed by atoms with Gasteiger partial charge in [0.2, 0.25) is 0 Å². The normalized spacial score (nSPS) is 19.1. The number of rotatable bonds is 5. The highest BCUT2D eigenvalue weighted by Gasteiger charge is 2.40. The Balaban J connectivity index is 1.86. The average Bonchev–Trinajstić information content (AvgIpc) is 3.10. The molecule has 1 fully saturated rings. The van der Waals surface area contributed by atoms with Crippen LogP contribution in [0.15, 0.2) is 42.5 Å². The fraction of sp³-hybridized carbons (Fsp3) is 0.333. The summed E-state index contributed by atoms with van der Waals surface area (Å²) in [6, 6.07) is 12.3. The molecule has 0 saturated carbocycles. The third-order valence-corrected chi connectivity index (χ3v) is 5.07. The number of hydrogen-bond acceptors (Lipinski definition) is 3. The number of nitrogens with zero attached hydrogens (tertiary/aromatic N) is 1. The van der Waals surface area contributed by atoms with E-state index in [0.717, 1.165) is 5.56 Å². The van der Waals surface area contributed by atoms with Crippen molar-refractivity contribution in [2.75, 3.05) is 13.1 Å². The first-order valence-corrected chi connectivity index (χ1v) is 8.91. The number of carboxylic acid groups (broad SMARTS) is 1. The van der Waals surface area contributed by atoms with Crippen LogP contribution in [0.1, 0.15) is 33.0 Å². The predicted molar refractivity (Wildman–Crippen MR) is 98.8 cm³/mol. The summed E-state index contributed by atoms with van der Waals surface area (Å²) >= 11 is 0. The van der Waals surface area contributed by atoms with Crippen molar-refractivity contribution < 1.29 is 28.2 Å². The van der Waals surface area contributed by atoms with Gasteiger partial charge in [0, 0.05) is 24.6 Å². The maximum Gasteiger partial charge on any atom is 0.387 e. The Morgan fingerprint density at radius 3 is 2.25 bits per heavy atom. The van der Waals surface area contributed by atoms with Crippen LogP contribution < -0.4 is 4.74 Å². The molecular weight excluding hydrogens is 368 g/mol. The summed E-state index contributed by atoms with van der Waals surface area (Å²) < 4.78 is 29.6. The molecule has 2 atom stereocenters. The lowest BCUT2D eigenvalue weighted by atomic mass is 9.89. The molecule has 7 heteroatoms. The first-order chi connectivity index (χ1) is 13.3. The summed E-state index contributed by atoms with van der Waals surface area (Å²) in [6.45, 7) is 0.630. The van der Waals surface area contributed by atoms with Crippen molar-refractivity contribution in [2.45, 2.75) is 26.4 Å². The minimum Gasteiger partial charge on any atom is -0.481 e. The molecule has 1 aliphatic heterocycles.